The molecule has 2 atom stereocenters. The maximum absolute atomic E-state index is 10.6. The third-order valence-corrected chi connectivity index (χ3v) is 2.14. The van der Waals surface area contributed by atoms with Crippen LogP contribution in [0, 0.1) is 0 Å². The zero-order valence-corrected chi connectivity index (χ0v) is 7.46. The lowest BCUT2D eigenvalue weighted by atomic mass is 9.92. The van der Waals surface area contributed by atoms with E-state index in [-0.39, 0.29) is 5.97 Å². The molecule has 4 heteroatoms. The summed E-state index contributed by atoms with van der Waals surface area (Å²) < 4.78 is 4.96. The van der Waals surface area contributed by atoms with Gasteiger partial charge in [0, 0.05) is 13.5 Å². The molecule has 1 heterocycles. The Kier molecular flexibility index (Phi) is 2.69. The highest BCUT2D eigenvalue weighted by molar-refractivity contribution is 5.66. The van der Waals surface area contributed by atoms with E-state index in [1.165, 1.54) is 6.92 Å². The molecule has 0 saturated carbocycles. The number of aliphatic hydroxyl groups is 1. The van der Waals surface area contributed by atoms with Crippen LogP contribution >= 0.6 is 0 Å². The number of piperidine rings is 1. The van der Waals surface area contributed by atoms with Crippen molar-refractivity contribution in [3.05, 3.63) is 0 Å². The number of rotatable bonds is 1. The minimum atomic E-state index is -0.878. The molecule has 0 aliphatic carbocycles. The minimum Gasteiger partial charge on any atom is -0.458 e. The molecule has 1 aliphatic heterocycles. The van der Waals surface area contributed by atoms with E-state index in [1.54, 1.807) is 6.92 Å². The van der Waals surface area contributed by atoms with Crippen molar-refractivity contribution >= 4 is 5.97 Å². The topological polar surface area (TPSA) is 58.6 Å². The SMILES string of the molecule is CC(=O)O[C@H]1CNCC[C@]1(C)O. The Morgan fingerprint density at radius 3 is 2.92 bits per heavy atom. The molecule has 0 amide bonds. The third kappa shape index (κ3) is 2.19. The molecule has 0 bridgehead atoms. The van der Waals surface area contributed by atoms with Crippen molar-refractivity contribution in [2.24, 2.45) is 0 Å². The normalized spacial score (nSPS) is 36.1. The Morgan fingerprint density at radius 2 is 2.42 bits per heavy atom. The summed E-state index contributed by atoms with van der Waals surface area (Å²) in [6.07, 6.45) is 0.203. The Balaban J connectivity index is 2.54. The summed E-state index contributed by atoms with van der Waals surface area (Å²) >= 11 is 0. The summed E-state index contributed by atoms with van der Waals surface area (Å²) in [6.45, 7) is 4.35. The molecule has 1 saturated heterocycles. The predicted octanol–water partition coefficient (Wildman–Crippen LogP) is -0.338. The van der Waals surface area contributed by atoms with Crippen LogP contribution in [0.25, 0.3) is 0 Å². The molecule has 12 heavy (non-hydrogen) atoms. The molecule has 70 valence electrons. The van der Waals surface area contributed by atoms with E-state index in [0.717, 1.165) is 6.54 Å². The summed E-state index contributed by atoms with van der Waals surface area (Å²) in [5.41, 5.74) is -0.878. The summed E-state index contributed by atoms with van der Waals surface area (Å²) in [4.78, 5) is 10.6. The van der Waals surface area contributed by atoms with Crippen LogP contribution in [-0.4, -0.2) is 35.9 Å². The van der Waals surface area contributed by atoms with Gasteiger partial charge >= 0.3 is 5.97 Å². The van der Waals surface area contributed by atoms with E-state index in [2.05, 4.69) is 5.32 Å². The average molecular weight is 173 g/mol. The van der Waals surface area contributed by atoms with Crippen molar-refractivity contribution in [2.45, 2.75) is 32.0 Å². The lowest BCUT2D eigenvalue weighted by Crippen LogP contribution is -2.53. The smallest absolute Gasteiger partial charge is 0.303 e. The van der Waals surface area contributed by atoms with E-state index in [1.807, 2.05) is 0 Å². The number of carbonyl (C=O) groups excluding carboxylic acids is 1. The molecule has 4 nitrogen and oxygen atoms in total. The Bertz CT molecular complexity index is 179. The van der Waals surface area contributed by atoms with E-state index in [4.69, 9.17) is 4.74 Å². The minimum absolute atomic E-state index is 0.344. The fourth-order valence-corrected chi connectivity index (χ4v) is 1.32. The number of hydrogen-bond donors (Lipinski definition) is 2. The quantitative estimate of drug-likeness (QED) is 0.533. The summed E-state index contributed by atoms with van der Waals surface area (Å²) in [6, 6.07) is 0. The lowest BCUT2D eigenvalue weighted by molar-refractivity contribution is -0.164. The molecular weight excluding hydrogens is 158 g/mol. The summed E-state index contributed by atoms with van der Waals surface area (Å²) in [5, 5.41) is 12.8. The molecule has 2 N–H and O–H groups in total. The van der Waals surface area contributed by atoms with Gasteiger partial charge < -0.3 is 15.2 Å². The standard InChI is InChI=1S/C8H15NO3/c1-6(10)12-7-5-9-4-3-8(7,2)11/h7,9,11H,3-5H2,1-2H3/t7-,8-/m0/s1. The van der Waals surface area contributed by atoms with Crippen LogP contribution in [-0.2, 0) is 9.53 Å². The second kappa shape index (κ2) is 3.41. The van der Waals surface area contributed by atoms with Crippen molar-refractivity contribution in [1.29, 1.82) is 0 Å². The average Bonchev–Trinajstić information content (AvgIpc) is 1.92. The first kappa shape index (κ1) is 9.48. The van der Waals surface area contributed by atoms with Gasteiger partial charge in [-0.15, -0.1) is 0 Å². The molecule has 0 spiro atoms. The maximum Gasteiger partial charge on any atom is 0.303 e. The van der Waals surface area contributed by atoms with Gasteiger partial charge in [-0.25, -0.2) is 0 Å². The molecule has 1 rings (SSSR count). The van der Waals surface area contributed by atoms with E-state index >= 15 is 0 Å². The monoisotopic (exact) mass is 173 g/mol. The zero-order chi connectivity index (χ0) is 9.19. The van der Waals surface area contributed by atoms with Gasteiger partial charge in [-0.1, -0.05) is 0 Å². The van der Waals surface area contributed by atoms with Crippen molar-refractivity contribution in [3.8, 4) is 0 Å². The highest BCUT2D eigenvalue weighted by atomic mass is 16.6. The summed E-state index contributed by atoms with van der Waals surface area (Å²) in [5.74, 6) is -0.344. The first-order valence-electron chi connectivity index (χ1n) is 4.13. The predicted molar refractivity (Wildman–Crippen MR) is 43.7 cm³/mol. The van der Waals surface area contributed by atoms with Gasteiger partial charge in [0.05, 0.1) is 0 Å². The van der Waals surface area contributed by atoms with Crippen LogP contribution in [0.1, 0.15) is 20.3 Å². The van der Waals surface area contributed by atoms with Gasteiger partial charge in [-0.2, -0.15) is 0 Å². The summed E-state index contributed by atoms with van der Waals surface area (Å²) in [7, 11) is 0. The van der Waals surface area contributed by atoms with E-state index < -0.39 is 11.7 Å². The second-order valence-electron chi connectivity index (χ2n) is 3.41. The number of hydrogen-bond acceptors (Lipinski definition) is 4. The lowest BCUT2D eigenvalue weighted by Gasteiger charge is -2.36. The van der Waals surface area contributed by atoms with Crippen LogP contribution in [0.15, 0.2) is 0 Å². The molecule has 0 radical (unpaired) electrons. The van der Waals surface area contributed by atoms with Crippen LogP contribution in [0.2, 0.25) is 0 Å². The highest BCUT2D eigenvalue weighted by Crippen LogP contribution is 2.20. The molecule has 1 fully saturated rings. The number of esters is 1. The second-order valence-corrected chi connectivity index (χ2v) is 3.41. The van der Waals surface area contributed by atoms with Crippen molar-refractivity contribution in [2.75, 3.05) is 13.1 Å². The Hall–Kier alpha value is -0.610. The fraction of sp³-hybridized carbons (Fsp3) is 0.875. The Morgan fingerprint density at radius 1 is 1.75 bits per heavy atom. The zero-order valence-electron chi connectivity index (χ0n) is 7.46. The van der Waals surface area contributed by atoms with Gasteiger partial charge in [0.1, 0.15) is 11.7 Å². The van der Waals surface area contributed by atoms with Crippen molar-refractivity contribution in [3.63, 3.8) is 0 Å². The third-order valence-electron chi connectivity index (χ3n) is 2.14. The fourth-order valence-electron chi connectivity index (χ4n) is 1.32. The Labute approximate surface area is 71.9 Å². The van der Waals surface area contributed by atoms with Crippen molar-refractivity contribution < 1.29 is 14.6 Å². The van der Waals surface area contributed by atoms with Gasteiger partial charge in [-0.3, -0.25) is 4.79 Å². The molecule has 0 unspecified atom stereocenters. The van der Waals surface area contributed by atoms with Crippen molar-refractivity contribution in [1.82, 2.24) is 5.32 Å². The molecule has 0 aromatic rings. The number of ether oxygens (including phenoxy) is 1. The van der Waals surface area contributed by atoms with Gasteiger partial charge in [0.15, 0.2) is 0 Å². The first-order chi connectivity index (χ1) is 5.52. The van der Waals surface area contributed by atoms with Gasteiger partial charge in [0.2, 0.25) is 0 Å². The molecular formula is C8H15NO3. The van der Waals surface area contributed by atoms with Gasteiger partial charge in [0.25, 0.3) is 0 Å². The van der Waals surface area contributed by atoms with E-state index in [9.17, 15) is 9.90 Å². The number of carbonyl (C=O) groups is 1. The van der Waals surface area contributed by atoms with Crippen LogP contribution in [0.4, 0.5) is 0 Å². The maximum atomic E-state index is 10.6. The van der Waals surface area contributed by atoms with Gasteiger partial charge in [-0.05, 0) is 19.9 Å². The highest BCUT2D eigenvalue weighted by Gasteiger charge is 2.36. The van der Waals surface area contributed by atoms with Crippen LogP contribution in [0.3, 0.4) is 0 Å². The number of nitrogens with one attached hydrogen (secondary N) is 1. The molecule has 1 aliphatic rings. The first-order valence-corrected chi connectivity index (χ1v) is 4.13. The van der Waals surface area contributed by atoms with E-state index in [0.29, 0.717) is 13.0 Å². The molecule has 0 aromatic heterocycles. The van der Waals surface area contributed by atoms with Crippen LogP contribution < -0.4 is 5.32 Å². The largest absolute Gasteiger partial charge is 0.458 e. The molecule has 0 aromatic carbocycles. The van der Waals surface area contributed by atoms with Crippen LogP contribution in [0.5, 0.6) is 0 Å².